The molecule has 6 rings (SSSR count). The number of aromatic nitrogens is 4. The van der Waals surface area contributed by atoms with Crippen molar-refractivity contribution in [3.8, 4) is 17.1 Å². The lowest BCUT2D eigenvalue weighted by Gasteiger charge is -2.23. The zero-order valence-electron chi connectivity index (χ0n) is 20.9. The van der Waals surface area contributed by atoms with Gasteiger partial charge in [0.2, 0.25) is 5.95 Å². The van der Waals surface area contributed by atoms with Gasteiger partial charge in [-0.2, -0.15) is 19.6 Å². The van der Waals surface area contributed by atoms with Gasteiger partial charge in [-0.1, -0.05) is 12.5 Å². The molecule has 2 aromatic heterocycles. The van der Waals surface area contributed by atoms with Crippen LogP contribution >= 0.6 is 0 Å². The Morgan fingerprint density at radius 1 is 1.08 bits per heavy atom. The van der Waals surface area contributed by atoms with E-state index in [1.165, 1.54) is 18.6 Å². The average Bonchev–Trinajstić information content (AvgIpc) is 3.63. The number of amides is 1. The molecule has 2 aliphatic carbocycles. The third-order valence-electron chi connectivity index (χ3n) is 7.50. The summed E-state index contributed by atoms with van der Waals surface area (Å²) in [5, 5.41) is 10.8. The SMILES string of the molecule is O=C(NC1CC1)c1ccc(-c2cnn3c(NCC4CCOCC4)nc(OC4CCCCC4)nc23)cc1F. The van der Waals surface area contributed by atoms with Crippen LogP contribution in [0.3, 0.4) is 0 Å². The van der Waals surface area contributed by atoms with E-state index < -0.39 is 5.82 Å². The minimum atomic E-state index is -0.569. The Morgan fingerprint density at radius 3 is 2.65 bits per heavy atom. The van der Waals surface area contributed by atoms with Gasteiger partial charge in [-0.05, 0) is 75.0 Å². The van der Waals surface area contributed by atoms with E-state index in [1.807, 2.05) is 0 Å². The molecule has 0 atom stereocenters. The topological polar surface area (TPSA) is 103 Å². The summed E-state index contributed by atoms with van der Waals surface area (Å²) in [7, 11) is 0. The van der Waals surface area contributed by atoms with Crippen LogP contribution in [0.2, 0.25) is 0 Å². The van der Waals surface area contributed by atoms with Crippen molar-refractivity contribution in [2.75, 3.05) is 25.1 Å². The van der Waals surface area contributed by atoms with Crippen molar-refractivity contribution in [3.05, 3.63) is 35.8 Å². The Balaban J connectivity index is 1.31. The summed E-state index contributed by atoms with van der Waals surface area (Å²) in [6.45, 7) is 2.29. The van der Waals surface area contributed by atoms with Gasteiger partial charge in [0.1, 0.15) is 11.9 Å². The second-order valence-electron chi connectivity index (χ2n) is 10.4. The monoisotopic (exact) mass is 508 g/mol. The number of carbonyl (C=O) groups is 1. The first-order valence-corrected chi connectivity index (χ1v) is 13.5. The molecule has 196 valence electrons. The first-order chi connectivity index (χ1) is 18.1. The van der Waals surface area contributed by atoms with Crippen LogP contribution in [0.15, 0.2) is 24.4 Å². The minimum Gasteiger partial charge on any atom is -0.460 e. The van der Waals surface area contributed by atoms with Gasteiger partial charge in [-0.15, -0.1) is 0 Å². The molecule has 0 spiro atoms. The highest BCUT2D eigenvalue weighted by molar-refractivity contribution is 5.95. The predicted molar refractivity (Wildman–Crippen MR) is 136 cm³/mol. The van der Waals surface area contributed by atoms with Gasteiger partial charge in [0.05, 0.1) is 11.8 Å². The highest BCUT2D eigenvalue weighted by Crippen LogP contribution is 2.30. The Bertz CT molecular complexity index is 1260. The molecule has 3 fully saturated rings. The molecule has 10 heteroatoms. The van der Waals surface area contributed by atoms with Crippen molar-refractivity contribution in [1.29, 1.82) is 0 Å². The number of halogens is 1. The van der Waals surface area contributed by atoms with Crippen LogP contribution in [0.1, 0.15) is 68.1 Å². The number of nitrogens with one attached hydrogen (secondary N) is 2. The fourth-order valence-corrected chi connectivity index (χ4v) is 5.10. The third-order valence-corrected chi connectivity index (χ3v) is 7.50. The maximum atomic E-state index is 15.0. The summed E-state index contributed by atoms with van der Waals surface area (Å²) in [4.78, 5) is 21.8. The summed E-state index contributed by atoms with van der Waals surface area (Å²) in [5.74, 6) is 0.0894. The van der Waals surface area contributed by atoms with Crippen LogP contribution in [-0.2, 0) is 4.74 Å². The average molecular weight is 509 g/mol. The molecule has 0 radical (unpaired) electrons. The number of rotatable bonds is 8. The third kappa shape index (κ3) is 5.53. The number of ether oxygens (including phenoxy) is 2. The van der Waals surface area contributed by atoms with Gasteiger partial charge in [-0.25, -0.2) is 4.39 Å². The summed E-state index contributed by atoms with van der Waals surface area (Å²) in [6.07, 6.45) is 11.1. The first kappa shape index (κ1) is 24.1. The van der Waals surface area contributed by atoms with Crippen molar-refractivity contribution >= 4 is 17.5 Å². The summed E-state index contributed by atoms with van der Waals surface area (Å²) in [6, 6.07) is 5.10. The summed E-state index contributed by atoms with van der Waals surface area (Å²) < 4.78 is 28.3. The molecule has 1 amide bonds. The van der Waals surface area contributed by atoms with Gasteiger partial charge >= 0.3 is 6.01 Å². The lowest BCUT2D eigenvalue weighted by atomic mass is 9.98. The van der Waals surface area contributed by atoms with Crippen LogP contribution in [0.25, 0.3) is 16.8 Å². The van der Waals surface area contributed by atoms with E-state index in [4.69, 9.17) is 14.5 Å². The highest BCUT2D eigenvalue weighted by atomic mass is 19.1. The van der Waals surface area contributed by atoms with Crippen molar-refractivity contribution in [3.63, 3.8) is 0 Å². The molecule has 3 aliphatic rings. The maximum absolute atomic E-state index is 15.0. The van der Waals surface area contributed by atoms with Crippen LogP contribution < -0.4 is 15.4 Å². The largest absolute Gasteiger partial charge is 0.460 e. The number of anilines is 1. The van der Waals surface area contributed by atoms with Gasteiger partial charge in [0.25, 0.3) is 5.91 Å². The number of benzene rings is 1. The van der Waals surface area contributed by atoms with E-state index in [9.17, 15) is 9.18 Å². The van der Waals surface area contributed by atoms with Gasteiger partial charge in [0.15, 0.2) is 5.65 Å². The molecule has 1 aromatic carbocycles. The quantitative estimate of drug-likeness (QED) is 0.466. The smallest absolute Gasteiger partial charge is 0.322 e. The molecule has 2 N–H and O–H groups in total. The predicted octanol–water partition coefficient (Wildman–Crippen LogP) is 4.37. The van der Waals surface area contributed by atoms with Gasteiger partial charge in [0, 0.05) is 31.4 Å². The number of fused-ring (bicyclic) bond motifs is 1. The van der Waals surface area contributed by atoms with Crippen molar-refractivity contribution in [2.24, 2.45) is 5.92 Å². The van der Waals surface area contributed by atoms with Crippen molar-refractivity contribution < 1.29 is 18.7 Å². The lowest BCUT2D eigenvalue weighted by Crippen LogP contribution is -2.26. The lowest BCUT2D eigenvalue weighted by molar-refractivity contribution is 0.0698. The van der Waals surface area contributed by atoms with E-state index in [0.29, 0.717) is 34.7 Å². The second-order valence-corrected chi connectivity index (χ2v) is 10.4. The van der Waals surface area contributed by atoms with Gasteiger partial charge in [-0.3, -0.25) is 4.79 Å². The molecule has 1 saturated heterocycles. The summed E-state index contributed by atoms with van der Waals surface area (Å²) >= 11 is 0. The van der Waals surface area contributed by atoms with Crippen LogP contribution in [0, 0.1) is 11.7 Å². The number of hydrogen-bond acceptors (Lipinski definition) is 7. The fourth-order valence-electron chi connectivity index (χ4n) is 5.10. The van der Waals surface area contributed by atoms with Crippen molar-refractivity contribution in [1.82, 2.24) is 24.9 Å². The molecule has 9 nitrogen and oxygen atoms in total. The standard InChI is InChI=1S/C27H33FN6O3/c28-23-14-18(6-9-21(23)25(35)31-19-7-8-19)22-16-30-34-24(22)32-27(37-20-4-2-1-3-5-20)33-26(34)29-15-17-10-12-36-13-11-17/h6,9,14,16-17,19-20H,1-5,7-8,10-13,15H2,(H,31,35)(H,29,32,33). The molecule has 3 heterocycles. The highest BCUT2D eigenvalue weighted by Gasteiger charge is 2.26. The van der Waals surface area contributed by atoms with Crippen LogP contribution in [-0.4, -0.2) is 57.4 Å². The van der Waals surface area contributed by atoms with Gasteiger partial charge < -0.3 is 20.1 Å². The Hall–Kier alpha value is -3.27. The van der Waals surface area contributed by atoms with E-state index in [-0.39, 0.29) is 23.6 Å². The van der Waals surface area contributed by atoms with E-state index in [2.05, 4.69) is 20.7 Å². The van der Waals surface area contributed by atoms with Crippen molar-refractivity contribution in [2.45, 2.75) is 69.9 Å². The molecule has 3 aromatic rings. The molecule has 2 saturated carbocycles. The number of carbonyl (C=O) groups excluding carboxylic acids is 1. The first-order valence-electron chi connectivity index (χ1n) is 13.5. The molecule has 0 unspecified atom stereocenters. The minimum absolute atomic E-state index is 0.0434. The fraction of sp³-hybridized carbons (Fsp3) is 0.556. The molecule has 1 aliphatic heterocycles. The summed E-state index contributed by atoms with van der Waals surface area (Å²) in [5.41, 5.74) is 1.82. The maximum Gasteiger partial charge on any atom is 0.322 e. The Labute approximate surface area is 215 Å². The van der Waals surface area contributed by atoms with Crippen LogP contribution in [0.4, 0.5) is 10.3 Å². The Kier molecular flexibility index (Phi) is 6.91. The normalized spacial score (nSPS) is 19.2. The molecule has 37 heavy (non-hydrogen) atoms. The molecular weight excluding hydrogens is 475 g/mol. The molecular formula is C27H33FN6O3. The molecule has 0 bridgehead atoms. The van der Waals surface area contributed by atoms with Crippen LogP contribution in [0.5, 0.6) is 6.01 Å². The zero-order chi connectivity index (χ0) is 25.2. The number of nitrogens with zero attached hydrogens (tertiary/aromatic N) is 4. The van der Waals surface area contributed by atoms with E-state index in [1.54, 1.807) is 16.8 Å². The zero-order valence-corrected chi connectivity index (χ0v) is 20.9. The van der Waals surface area contributed by atoms with E-state index >= 15 is 0 Å². The van der Waals surface area contributed by atoms with E-state index in [0.717, 1.165) is 71.1 Å². The number of hydrogen-bond donors (Lipinski definition) is 2. The second kappa shape index (κ2) is 10.6. The Morgan fingerprint density at radius 2 is 1.89 bits per heavy atom.